The maximum atomic E-state index is 12.5. The molecule has 0 radical (unpaired) electrons. The first-order valence-corrected chi connectivity index (χ1v) is 10.7. The van der Waals surface area contributed by atoms with Crippen LogP contribution < -0.4 is 24.8 Å². The average Bonchev–Trinajstić information content (AvgIpc) is 2.83. The molecular formula is C25H27N3O5. The molecule has 1 heterocycles. The zero-order chi connectivity index (χ0) is 23.5. The van der Waals surface area contributed by atoms with Gasteiger partial charge in [-0.2, -0.15) is 0 Å². The highest BCUT2D eigenvalue weighted by Crippen LogP contribution is 2.28. The van der Waals surface area contributed by atoms with Crippen LogP contribution in [0.5, 0.6) is 17.2 Å². The van der Waals surface area contributed by atoms with Crippen LogP contribution in [-0.4, -0.2) is 36.6 Å². The summed E-state index contributed by atoms with van der Waals surface area (Å²) < 4.78 is 16.8. The number of anilines is 1. The molecule has 172 valence electrons. The fourth-order valence-electron chi connectivity index (χ4n) is 2.96. The summed E-state index contributed by atoms with van der Waals surface area (Å²) in [6.07, 6.45) is 1.70. The van der Waals surface area contributed by atoms with Crippen molar-refractivity contribution < 1.29 is 23.8 Å². The third-order valence-electron chi connectivity index (χ3n) is 4.45. The molecule has 2 amide bonds. The van der Waals surface area contributed by atoms with Crippen LogP contribution in [0.1, 0.15) is 29.9 Å². The summed E-state index contributed by atoms with van der Waals surface area (Å²) in [6, 6.07) is 17.5. The average molecular weight is 450 g/mol. The summed E-state index contributed by atoms with van der Waals surface area (Å²) in [4.78, 5) is 29.0. The van der Waals surface area contributed by atoms with E-state index in [0.29, 0.717) is 48.3 Å². The normalized spacial score (nSPS) is 10.2. The Morgan fingerprint density at radius 3 is 2.45 bits per heavy atom. The first kappa shape index (κ1) is 23.6. The molecule has 2 aromatic carbocycles. The smallest absolute Gasteiger partial charge is 0.251 e. The molecule has 0 aliphatic heterocycles. The molecule has 0 aliphatic carbocycles. The maximum absolute atomic E-state index is 12.5. The summed E-state index contributed by atoms with van der Waals surface area (Å²) >= 11 is 0. The van der Waals surface area contributed by atoms with Crippen LogP contribution in [0.4, 0.5) is 5.69 Å². The van der Waals surface area contributed by atoms with Gasteiger partial charge in [0.25, 0.3) is 5.91 Å². The Bertz CT molecular complexity index is 1070. The Morgan fingerprint density at radius 2 is 1.70 bits per heavy atom. The van der Waals surface area contributed by atoms with Gasteiger partial charge in [-0.1, -0.05) is 12.1 Å². The highest BCUT2D eigenvalue weighted by molar-refractivity contribution is 5.99. The third kappa shape index (κ3) is 7.24. The molecule has 2 N–H and O–H groups in total. The van der Waals surface area contributed by atoms with Gasteiger partial charge in [0, 0.05) is 23.5 Å². The highest BCUT2D eigenvalue weighted by Gasteiger charge is 2.13. The minimum absolute atomic E-state index is 0.185. The van der Waals surface area contributed by atoms with Crippen molar-refractivity contribution in [3.8, 4) is 17.2 Å². The number of carbonyl (C=O) groups is 2. The number of carbonyl (C=O) groups excluding carboxylic acids is 2. The molecule has 33 heavy (non-hydrogen) atoms. The van der Waals surface area contributed by atoms with E-state index in [2.05, 4.69) is 15.6 Å². The number of ether oxygens (including phenoxy) is 3. The Labute approximate surface area is 192 Å². The van der Waals surface area contributed by atoms with E-state index in [4.69, 9.17) is 14.2 Å². The molecule has 0 saturated carbocycles. The summed E-state index contributed by atoms with van der Waals surface area (Å²) in [6.45, 7) is 4.79. The van der Waals surface area contributed by atoms with Gasteiger partial charge in [-0.3, -0.25) is 14.6 Å². The van der Waals surface area contributed by atoms with Crippen molar-refractivity contribution in [1.29, 1.82) is 0 Å². The van der Waals surface area contributed by atoms with Gasteiger partial charge in [0.05, 0.1) is 25.5 Å². The summed E-state index contributed by atoms with van der Waals surface area (Å²) in [7, 11) is 0. The van der Waals surface area contributed by atoms with Gasteiger partial charge >= 0.3 is 0 Å². The van der Waals surface area contributed by atoms with Gasteiger partial charge in [0.15, 0.2) is 11.5 Å². The van der Waals surface area contributed by atoms with Crippen molar-refractivity contribution in [2.45, 2.75) is 20.5 Å². The van der Waals surface area contributed by atoms with Gasteiger partial charge in [-0.15, -0.1) is 0 Å². The van der Waals surface area contributed by atoms with Gasteiger partial charge in [-0.05, 0) is 56.3 Å². The molecule has 3 rings (SSSR count). The van der Waals surface area contributed by atoms with E-state index in [1.807, 2.05) is 32.0 Å². The monoisotopic (exact) mass is 449 g/mol. The Kier molecular flexibility index (Phi) is 8.64. The second-order valence-electron chi connectivity index (χ2n) is 6.90. The Balaban J connectivity index is 1.52. The van der Waals surface area contributed by atoms with Crippen LogP contribution >= 0.6 is 0 Å². The Hall–Kier alpha value is -4.07. The highest BCUT2D eigenvalue weighted by atomic mass is 16.5. The van der Waals surface area contributed by atoms with Crippen LogP contribution in [0.3, 0.4) is 0 Å². The number of rotatable bonds is 11. The van der Waals surface area contributed by atoms with E-state index in [-0.39, 0.29) is 18.4 Å². The topological polar surface area (TPSA) is 98.8 Å². The Morgan fingerprint density at radius 1 is 0.879 bits per heavy atom. The molecule has 1 aromatic heterocycles. The van der Waals surface area contributed by atoms with Crippen LogP contribution in [0.25, 0.3) is 0 Å². The maximum Gasteiger partial charge on any atom is 0.251 e. The van der Waals surface area contributed by atoms with E-state index in [9.17, 15) is 9.59 Å². The molecule has 0 aliphatic rings. The van der Waals surface area contributed by atoms with Crippen molar-refractivity contribution in [2.24, 2.45) is 0 Å². The molecule has 0 atom stereocenters. The first-order valence-electron chi connectivity index (χ1n) is 10.7. The molecule has 3 aromatic rings. The molecule has 0 spiro atoms. The van der Waals surface area contributed by atoms with E-state index in [1.165, 1.54) is 0 Å². The third-order valence-corrected chi connectivity index (χ3v) is 4.45. The molecule has 8 nitrogen and oxygen atoms in total. The molecule has 0 bridgehead atoms. The van der Waals surface area contributed by atoms with Crippen LogP contribution in [0, 0.1) is 0 Å². The number of aromatic nitrogens is 1. The van der Waals surface area contributed by atoms with Crippen LogP contribution in [-0.2, 0) is 11.4 Å². The zero-order valence-electron chi connectivity index (χ0n) is 18.7. The van der Waals surface area contributed by atoms with Gasteiger partial charge in [0.2, 0.25) is 5.91 Å². The SMILES string of the molecule is CCOc1ccc(C(=O)NCC(=O)Nc2cccc(OCc3ccccn3)c2)cc1OCC. The number of amides is 2. The van der Waals surface area contributed by atoms with Gasteiger partial charge in [0.1, 0.15) is 12.4 Å². The first-order chi connectivity index (χ1) is 16.1. The lowest BCUT2D eigenvalue weighted by Crippen LogP contribution is -2.32. The molecule has 8 heteroatoms. The number of nitrogens with one attached hydrogen (secondary N) is 2. The molecule has 0 unspecified atom stereocenters. The quantitative estimate of drug-likeness (QED) is 0.462. The largest absolute Gasteiger partial charge is 0.490 e. The standard InChI is InChI=1S/C25H27N3O5/c1-3-31-22-12-11-18(14-23(22)32-4-2)25(30)27-16-24(29)28-19-9-7-10-21(15-19)33-17-20-8-5-6-13-26-20/h5-15H,3-4,16-17H2,1-2H3,(H,27,30)(H,28,29). The van der Waals surface area contributed by atoms with Crippen molar-refractivity contribution >= 4 is 17.5 Å². The lowest BCUT2D eigenvalue weighted by Gasteiger charge is -2.13. The summed E-state index contributed by atoms with van der Waals surface area (Å²) in [5, 5.41) is 5.37. The predicted octanol–water partition coefficient (Wildman–Crippen LogP) is 3.83. The van der Waals surface area contributed by atoms with Gasteiger partial charge < -0.3 is 24.8 Å². The van der Waals surface area contributed by atoms with E-state index >= 15 is 0 Å². The van der Waals surface area contributed by atoms with E-state index < -0.39 is 0 Å². The number of nitrogens with zero attached hydrogens (tertiary/aromatic N) is 1. The van der Waals surface area contributed by atoms with E-state index in [1.54, 1.807) is 48.7 Å². The predicted molar refractivity (Wildman–Crippen MR) is 125 cm³/mol. The van der Waals surface area contributed by atoms with Crippen LogP contribution in [0.15, 0.2) is 66.9 Å². The minimum Gasteiger partial charge on any atom is -0.490 e. The second kappa shape index (κ2) is 12.1. The fourth-order valence-corrected chi connectivity index (χ4v) is 2.96. The molecule has 0 fully saturated rings. The minimum atomic E-state index is -0.387. The van der Waals surface area contributed by atoms with Gasteiger partial charge in [-0.25, -0.2) is 0 Å². The summed E-state index contributed by atoms with van der Waals surface area (Å²) in [5.74, 6) is 0.904. The number of hydrogen-bond acceptors (Lipinski definition) is 6. The van der Waals surface area contributed by atoms with Crippen molar-refractivity contribution in [3.63, 3.8) is 0 Å². The lowest BCUT2D eigenvalue weighted by atomic mass is 10.2. The number of hydrogen-bond donors (Lipinski definition) is 2. The molecular weight excluding hydrogens is 422 g/mol. The summed E-state index contributed by atoms with van der Waals surface area (Å²) in [5.41, 5.74) is 1.74. The van der Waals surface area contributed by atoms with E-state index in [0.717, 1.165) is 5.69 Å². The van der Waals surface area contributed by atoms with Crippen LogP contribution in [0.2, 0.25) is 0 Å². The zero-order valence-corrected chi connectivity index (χ0v) is 18.7. The lowest BCUT2D eigenvalue weighted by molar-refractivity contribution is -0.115. The van der Waals surface area contributed by atoms with Crippen molar-refractivity contribution in [3.05, 3.63) is 78.1 Å². The molecule has 0 saturated heterocycles. The van der Waals surface area contributed by atoms with Crippen molar-refractivity contribution in [1.82, 2.24) is 10.3 Å². The van der Waals surface area contributed by atoms with Crippen molar-refractivity contribution in [2.75, 3.05) is 25.1 Å². The fraction of sp³-hybridized carbons (Fsp3) is 0.240. The second-order valence-corrected chi connectivity index (χ2v) is 6.90. The number of benzene rings is 2. The number of pyridine rings is 1.